The third kappa shape index (κ3) is 2.25. The zero-order chi connectivity index (χ0) is 13.1. The van der Waals surface area contributed by atoms with Crippen LogP contribution in [0.3, 0.4) is 0 Å². The second-order valence-corrected chi connectivity index (χ2v) is 3.77. The largest absolute Gasteiger partial charge is 0.465 e. The van der Waals surface area contributed by atoms with Gasteiger partial charge in [-0.1, -0.05) is 17.3 Å². The molecule has 0 aliphatic heterocycles. The Morgan fingerprint density at radius 3 is 2.94 bits per heavy atom. The molecule has 0 amide bonds. The van der Waals surface area contributed by atoms with E-state index in [0.29, 0.717) is 23.4 Å². The number of hydrogen-bond donors (Lipinski definition) is 0. The number of aryl methyl sites for hydroxylation is 1. The van der Waals surface area contributed by atoms with Crippen molar-refractivity contribution in [2.75, 3.05) is 7.11 Å². The molecule has 0 atom stereocenters. The van der Waals surface area contributed by atoms with Gasteiger partial charge in [0, 0.05) is 5.57 Å². The maximum atomic E-state index is 13.1. The molecule has 0 fully saturated rings. The first-order valence-corrected chi connectivity index (χ1v) is 5.42. The topological polar surface area (TPSA) is 52.3 Å². The monoisotopic (exact) mass is 249 g/mol. The second-order valence-electron chi connectivity index (χ2n) is 3.77. The Morgan fingerprint density at radius 1 is 1.44 bits per heavy atom. The van der Waals surface area contributed by atoms with Crippen LogP contribution < -0.4 is 0 Å². The van der Waals surface area contributed by atoms with Crippen molar-refractivity contribution in [1.29, 1.82) is 0 Å². The van der Waals surface area contributed by atoms with Gasteiger partial charge in [0.05, 0.1) is 7.11 Å². The second kappa shape index (κ2) is 5.00. The van der Waals surface area contributed by atoms with Crippen LogP contribution in [0.15, 0.2) is 34.7 Å². The minimum atomic E-state index is -0.518. The quantitative estimate of drug-likeness (QED) is 0.756. The first-order chi connectivity index (χ1) is 8.63. The van der Waals surface area contributed by atoms with E-state index in [4.69, 9.17) is 4.52 Å². The number of methoxy groups -OCH3 is 1. The molecule has 0 aromatic carbocycles. The lowest BCUT2D eigenvalue weighted by Crippen LogP contribution is -2.05. The van der Waals surface area contributed by atoms with E-state index in [-0.39, 0.29) is 11.4 Å². The summed E-state index contributed by atoms with van der Waals surface area (Å²) in [6.45, 7) is 1.63. The number of carbonyl (C=O) groups excluding carboxylic acids is 1. The van der Waals surface area contributed by atoms with Crippen molar-refractivity contribution in [1.82, 2.24) is 5.16 Å². The number of halogens is 1. The maximum absolute atomic E-state index is 13.1. The summed E-state index contributed by atoms with van der Waals surface area (Å²) in [5, 5.41) is 3.83. The van der Waals surface area contributed by atoms with Crippen molar-refractivity contribution < 1.29 is 18.4 Å². The first-order valence-electron chi connectivity index (χ1n) is 5.42. The minimum absolute atomic E-state index is 0.274. The van der Waals surface area contributed by atoms with Gasteiger partial charge in [-0.05, 0) is 25.5 Å². The summed E-state index contributed by atoms with van der Waals surface area (Å²) in [7, 11) is 1.29. The molecule has 94 valence electrons. The van der Waals surface area contributed by atoms with E-state index in [9.17, 15) is 9.18 Å². The van der Waals surface area contributed by atoms with Crippen LogP contribution in [-0.2, 0) is 4.74 Å². The highest BCUT2D eigenvalue weighted by Gasteiger charge is 2.22. The molecule has 0 saturated carbocycles. The molecule has 1 aliphatic rings. The number of allylic oxidation sites excluding steroid dienone is 6. The van der Waals surface area contributed by atoms with Crippen LogP contribution >= 0.6 is 0 Å². The molecule has 18 heavy (non-hydrogen) atoms. The summed E-state index contributed by atoms with van der Waals surface area (Å²) in [5.41, 5.74) is 1.28. The van der Waals surface area contributed by atoms with E-state index in [1.165, 1.54) is 19.3 Å². The number of nitrogens with zero attached hydrogens (tertiary/aromatic N) is 1. The van der Waals surface area contributed by atoms with E-state index in [2.05, 4.69) is 9.89 Å². The lowest BCUT2D eigenvalue weighted by molar-refractivity contribution is 0.0598. The van der Waals surface area contributed by atoms with Crippen LogP contribution in [0.5, 0.6) is 0 Å². The smallest absolute Gasteiger partial charge is 0.343 e. The third-order valence-corrected chi connectivity index (χ3v) is 2.60. The van der Waals surface area contributed by atoms with Gasteiger partial charge in [-0.2, -0.15) is 0 Å². The summed E-state index contributed by atoms with van der Waals surface area (Å²) >= 11 is 0. The summed E-state index contributed by atoms with van der Waals surface area (Å²) < 4.78 is 22.8. The van der Waals surface area contributed by atoms with E-state index < -0.39 is 5.97 Å². The van der Waals surface area contributed by atoms with Crippen molar-refractivity contribution in [3.05, 3.63) is 47.1 Å². The zero-order valence-corrected chi connectivity index (χ0v) is 10.1. The fourth-order valence-corrected chi connectivity index (χ4v) is 1.69. The Bertz CT molecular complexity index is 567. The molecule has 0 unspecified atom stereocenters. The fraction of sp³-hybridized carbons (Fsp3) is 0.231. The average molecular weight is 249 g/mol. The molecular weight excluding hydrogens is 237 g/mol. The van der Waals surface area contributed by atoms with Crippen molar-refractivity contribution in [3.63, 3.8) is 0 Å². The Balaban J connectivity index is 2.44. The Hall–Kier alpha value is -2.17. The Kier molecular flexibility index (Phi) is 3.41. The maximum Gasteiger partial charge on any atom is 0.343 e. The molecule has 1 heterocycles. The van der Waals surface area contributed by atoms with Crippen molar-refractivity contribution in [2.24, 2.45) is 0 Å². The third-order valence-electron chi connectivity index (χ3n) is 2.60. The minimum Gasteiger partial charge on any atom is -0.465 e. The highest BCUT2D eigenvalue weighted by molar-refractivity contribution is 5.96. The van der Waals surface area contributed by atoms with Crippen LogP contribution in [0, 0.1) is 6.92 Å². The van der Waals surface area contributed by atoms with Gasteiger partial charge in [-0.3, -0.25) is 0 Å². The number of carbonyl (C=O) groups is 1. The predicted octanol–water partition coefficient (Wildman–Crippen LogP) is 2.97. The summed E-state index contributed by atoms with van der Waals surface area (Å²) in [4.78, 5) is 11.6. The van der Waals surface area contributed by atoms with Gasteiger partial charge in [0.1, 0.15) is 22.8 Å². The molecule has 1 aromatic heterocycles. The number of rotatable bonds is 2. The normalized spacial score (nSPS) is 14.8. The Labute approximate surface area is 103 Å². The standard InChI is InChI=1S/C13H12FNO3/c1-8-11(13(16)17-2)12(15-18-8)9-4-3-5-10(14)7-6-9/h4-7H,3H2,1-2H3. The summed E-state index contributed by atoms with van der Waals surface area (Å²) in [5.74, 6) is -0.458. The SMILES string of the molecule is COC(=O)c1c(C2=CCC=C(F)C=C2)noc1C. The number of aromatic nitrogens is 1. The number of ether oxygens (including phenoxy) is 1. The van der Waals surface area contributed by atoms with Gasteiger partial charge in [-0.25, -0.2) is 9.18 Å². The highest BCUT2D eigenvalue weighted by Crippen LogP contribution is 2.25. The molecular formula is C13H12FNO3. The van der Waals surface area contributed by atoms with Crippen LogP contribution in [0.4, 0.5) is 4.39 Å². The lowest BCUT2D eigenvalue weighted by Gasteiger charge is -2.00. The molecule has 4 nitrogen and oxygen atoms in total. The predicted molar refractivity (Wildman–Crippen MR) is 63.5 cm³/mol. The van der Waals surface area contributed by atoms with Crippen LogP contribution in [0.1, 0.15) is 28.2 Å². The molecule has 0 radical (unpaired) electrons. The van der Waals surface area contributed by atoms with Crippen molar-refractivity contribution in [2.45, 2.75) is 13.3 Å². The molecule has 1 aliphatic carbocycles. The lowest BCUT2D eigenvalue weighted by atomic mass is 10.1. The van der Waals surface area contributed by atoms with Crippen LogP contribution in [0.2, 0.25) is 0 Å². The highest BCUT2D eigenvalue weighted by atomic mass is 19.1. The average Bonchev–Trinajstić information content (AvgIpc) is 2.60. The molecule has 1 aromatic rings. The van der Waals surface area contributed by atoms with E-state index in [1.54, 1.807) is 19.1 Å². The van der Waals surface area contributed by atoms with Gasteiger partial charge in [0.15, 0.2) is 0 Å². The van der Waals surface area contributed by atoms with Gasteiger partial charge in [0.25, 0.3) is 0 Å². The van der Waals surface area contributed by atoms with Crippen LogP contribution in [-0.4, -0.2) is 18.2 Å². The van der Waals surface area contributed by atoms with Gasteiger partial charge in [0.2, 0.25) is 0 Å². The van der Waals surface area contributed by atoms with E-state index in [1.807, 2.05) is 0 Å². The molecule has 2 rings (SSSR count). The number of esters is 1. The molecule has 0 bridgehead atoms. The molecule has 5 heteroatoms. The van der Waals surface area contributed by atoms with Crippen LogP contribution in [0.25, 0.3) is 5.57 Å². The number of hydrogen-bond acceptors (Lipinski definition) is 4. The van der Waals surface area contributed by atoms with Gasteiger partial charge < -0.3 is 9.26 Å². The molecule has 0 N–H and O–H groups in total. The molecule has 0 spiro atoms. The Morgan fingerprint density at radius 2 is 2.22 bits per heavy atom. The van der Waals surface area contributed by atoms with Crippen molar-refractivity contribution >= 4 is 11.5 Å². The fourth-order valence-electron chi connectivity index (χ4n) is 1.69. The van der Waals surface area contributed by atoms with E-state index >= 15 is 0 Å². The first kappa shape index (κ1) is 12.3. The van der Waals surface area contributed by atoms with Gasteiger partial charge in [-0.15, -0.1) is 0 Å². The van der Waals surface area contributed by atoms with Crippen molar-refractivity contribution in [3.8, 4) is 0 Å². The van der Waals surface area contributed by atoms with Gasteiger partial charge >= 0.3 is 5.97 Å². The summed E-state index contributed by atoms with van der Waals surface area (Å²) in [6, 6.07) is 0. The summed E-state index contributed by atoms with van der Waals surface area (Å²) in [6.07, 6.45) is 6.52. The van der Waals surface area contributed by atoms with E-state index in [0.717, 1.165) is 0 Å². The zero-order valence-electron chi connectivity index (χ0n) is 10.1. The molecule has 0 saturated heterocycles.